The van der Waals surface area contributed by atoms with Crippen LogP contribution in [0.2, 0.25) is 5.02 Å². The lowest BCUT2D eigenvalue weighted by molar-refractivity contribution is -0.125. The van der Waals surface area contributed by atoms with E-state index in [4.69, 9.17) is 17.1 Å². The fourth-order valence-corrected chi connectivity index (χ4v) is 2.66. The van der Waals surface area contributed by atoms with Gasteiger partial charge >= 0.3 is 0 Å². The van der Waals surface area contributed by atoms with Gasteiger partial charge < -0.3 is 4.90 Å². The Hall–Kier alpha value is -2.75. The monoisotopic (exact) mass is 324 g/mol. The van der Waals surface area contributed by atoms with Crippen molar-refractivity contribution in [1.29, 1.82) is 0 Å². The van der Waals surface area contributed by atoms with E-state index in [-0.39, 0.29) is 11.9 Å². The van der Waals surface area contributed by atoms with Gasteiger partial charge in [-0.1, -0.05) is 59.2 Å². The molecule has 114 valence electrons. The topological polar surface area (TPSA) is 69.1 Å². The van der Waals surface area contributed by atoms with E-state index in [0.29, 0.717) is 5.02 Å². The van der Waals surface area contributed by atoms with Crippen molar-refractivity contribution in [2.45, 2.75) is 12.1 Å². The normalized spacial score (nSPS) is 20.2. The first-order chi connectivity index (χ1) is 11.2. The molecule has 23 heavy (non-hydrogen) atoms. The van der Waals surface area contributed by atoms with Gasteiger partial charge in [-0.3, -0.25) is 4.79 Å². The molecule has 0 aromatic heterocycles. The maximum atomic E-state index is 12.3. The number of benzene rings is 2. The number of carbonyl (C=O) groups is 1. The van der Waals surface area contributed by atoms with Gasteiger partial charge in [0.1, 0.15) is 6.04 Å². The number of hydrogen-bond acceptors (Lipinski definition) is 2. The molecule has 0 aliphatic carbocycles. The third kappa shape index (κ3) is 3.06. The van der Waals surface area contributed by atoms with Crippen molar-refractivity contribution < 1.29 is 4.79 Å². The SMILES string of the molecule is [N-]=[N+]=NC1C(=O)N(c2ccc(Cl)cc2)[C@@H]1/C=C/c1ccccc1. The summed E-state index contributed by atoms with van der Waals surface area (Å²) in [5.74, 6) is -0.215. The van der Waals surface area contributed by atoms with Crippen LogP contribution in [0, 0.1) is 0 Å². The predicted octanol–water partition coefficient (Wildman–Crippen LogP) is 4.45. The molecule has 6 heteroatoms. The smallest absolute Gasteiger partial charge is 0.239 e. The Bertz CT molecular complexity index is 782. The molecule has 1 unspecified atom stereocenters. The molecule has 0 radical (unpaired) electrons. The molecule has 2 aromatic rings. The number of β-lactam (4-membered cyclic amide) rings is 1. The van der Waals surface area contributed by atoms with E-state index in [1.807, 2.05) is 42.5 Å². The fraction of sp³-hybridized carbons (Fsp3) is 0.118. The number of halogens is 1. The summed E-state index contributed by atoms with van der Waals surface area (Å²) < 4.78 is 0. The highest BCUT2D eigenvalue weighted by molar-refractivity contribution is 6.30. The van der Waals surface area contributed by atoms with Crippen LogP contribution in [0.4, 0.5) is 5.69 Å². The van der Waals surface area contributed by atoms with Gasteiger partial charge in [-0.2, -0.15) is 0 Å². The third-order valence-corrected chi connectivity index (χ3v) is 3.93. The van der Waals surface area contributed by atoms with Crippen LogP contribution in [0.3, 0.4) is 0 Å². The molecular formula is C17H13ClN4O. The Balaban J connectivity index is 1.89. The summed E-state index contributed by atoms with van der Waals surface area (Å²) in [4.78, 5) is 16.6. The molecule has 1 aliphatic rings. The van der Waals surface area contributed by atoms with Crippen molar-refractivity contribution in [3.05, 3.63) is 81.7 Å². The largest absolute Gasteiger partial charge is 0.304 e. The van der Waals surface area contributed by atoms with Crippen molar-refractivity contribution in [2.24, 2.45) is 5.11 Å². The molecule has 3 rings (SSSR count). The van der Waals surface area contributed by atoms with Crippen LogP contribution < -0.4 is 4.90 Å². The van der Waals surface area contributed by atoms with Gasteiger partial charge in [-0.25, -0.2) is 0 Å². The minimum absolute atomic E-state index is 0.215. The van der Waals surface area contributed by atoms with Crippen molar-refractivity contribution in [2.75, 3.05) is 4.90 Å². The first kappa shape index (κ1) is 15.2. The first-order valence-corrected chi connectivity index (χ1v) is 7.44. The van der Waals surface area contributed by atoms with Gasteiger partial charge in [0.15, 0.2) is 0 Å². The second kappa shape index (κ2) is 6.57. The van der Waals surface area contributed by atoms with Gasteiger partial charge in [0, 0.05) is 15.6 Å². The van der Waals surface area contributed by atoms with E-state index < -0.39 is 6.04 Å². The summed E-state index contributed by atoms with van der Waals surface area (Å²) in [6.45, 7) is 0. The molecule has 0 saturated carbocycles. The molecule has 5 nitrogen and oxygen atoms in total. The number of carbonyl (C=O) groups excluding carboxylic acids is 1. The van der Waals surface area contributed by atoms with Gasteiger partial charge in [0.05, 0.1) is 6.04 Å². The molecule has 1 aliphatic heterocycles. The van der Waals surface area contributed by atoms with Gasteiger partial charge in [-0.05, 0) is 35.4 Å². The van der Waals surface area contributed by atoms with Crippen LogP contribution >= 0.6 is 11.6 Å². The van der Waals surface area contributed by atoms with E-state index in [1.54, 1.807) is 29.2 Å². The molecule has 1 fully saturated rings. The molecule has 1 saturated heterocycles. The molecule has 1 amide bonds. The Morgan fingerprint density at radius 2 is 1.83 bits per heavy atom. The lowest BCUT2D eigenvalue weighted by atomic mass is 9.93. The molecule has 2 atom stereocenters. The van der Waals surface area contributed by atoms with Crippen molar-refractivity contribution in [3.8, 4) is 0 Å². The quantitative estimate of drug-likeness (QED) is 0.354. The fourth-order valence-electron chi connectivity index (χ4n) is 2.53. The molecule has 1 heterocycles. The van der Waals surface area contributed by atoms with Gasteiger partial charge in [0.25, 0.3) is 0 Å². The van der Waals surface area contributed by atoms with E-state index in [9.17, 15) is 4.79 Å². The summed E-state index contributed by atoms with van der Waals surface area (Å²) in [6.07, 6.45) is 3.80. The summed E-state index contributed by atoms with van der Waals surface area (Å²) >= 11 is 5.89. The van der Waals surface area contributed by atoms with Gasteiger partial charge in [-0.15, -0.1) is 0 Å². The number of amides is 1. The van der Waals surface area contributed by atoms with E-state index in [0.717, 1.165) is 11.3 Å². The van der Waals surface area contributed by atoms with Crippen LogP contribution in [0.5, 0.6) is 0 Å². The Morgan fingerprint density at radius 3 is 2.48 bits per heavy atom. The van der Waals surface area contributed by atoms with E-state index >= 15 is 0 Å². The average Bonchev–Trinajstić information content (AvgIpc) is 2.58. The lowest BCUT2D eigenvalue weighted by Crippen LogP contribution is -2.63. The highest BCUT2D eigenvalue weighted by Crippen LogP contribution is 2.32. The van der Waals surface area contributed by atoms with E-state index in [2.05, 4.69) is 10.0 Å². The predicted molar refractivity (Wildman–Crippen MR) is 91.1 cm³/mol. The Kier molecular flexibility index (Phi) is 4.33. The standard InChI is InChI=1S/C17H13ClN4O/c18-13-7-9-14(10-8-13)22-15(16(17(22)23)20-21-19)11-6-12-4-2-1-3-5-12/h1-11,15-16H/b11-6+/t15-,16?/m1/s1. The zero-order valence-corrected chi connectivity index (χ0v) is 12.8. The highest BCUT2D eigenvalue weighted by atomic mass is 35.5. The molecule has 0 spiro atoms. The number of rotatable bonds is 4. The molecule has 0 bridgehead atoms. The maximum absolute atomic E-state index is 12.3. The van der Waals surface area contributed by atoms with Crippen molar-refractivity contribution in [1.82, 2.24) is 0 Å². The van der Waals surface area contributed by atoms with Gasteiger partial charge in [0.2, 0.25) is 5.91 Å². The molecule has 2 aromatic carbocycles. The molecule has 0 N–H and O–H groups in total. The minimum atomic E-state index is -0.712. The zero-order chi connectivity index (χ0) is 16.2. The Morgan fingerprint density at radius 1 is 1.13 bits per heavy atom. The number of hydrogen-bond donors (Lipinski definition) is 0. The van der Waals surface area contributed by atoms with Crippen LogP contribution in [-0.2, 0) is 4.79 Å². The van der Waals surface area contributed by atoms with Crippen molar-refractivity contribution >= 4 is 29.3 Å². The van der Waals surface area contributed by atoms with Crippen LogP contribution in [0.15, 0.2) is 65.8 Å². The second-order valence-corrected chi connectivity index (χ2v) is 5.53. The van der Waals surface area contributed by atoms with Crippen LogP contribution in [0.1, 0.15) is 5.56 Å². The number of nitrogens with zero attached hydrogens (tertiary/aromatic N) is 4. The lowest BCUT2D eigenvalue weighted by Gasteiger charge is -2.43. The second-order valence-electron chi connectivity index (χ2n) is 5.09. The van der Waals surface area contributed by atoms with E-state index in [1.165, 1.54) is 0 Å². The average molecular weight is 325 g/mol. The summed E-state index contributed by atoms with van der Waals surface area (Å²) in [5.41, 5.74) is 10.4. The first-order valence-electron chi connectivity index (χ1n) is 7.07. The zero-order valence-electron chi connectivity index (χ0n) is 12.1. The van der Waals surface area contributed by atoms with Crippen LogP contribution in [-0.4, -0.2) is 18.0 Å². The Labute approximate surface area is 138 Å². The third-order valence-electron chi connectivity index (χ3n) is 3.68. The summed E-state index contributed by atoms with van der Waals surface area (Å²) in [7, 11) is 0. The maximum Gasteiger partial charge on any atom is 0.239 e. The summed E-state index contributed by atoms with van der Waals surface area (Å²) in [5, 5.41) is 4.21. The van der Waals surface area contributed by atoms with Crippen LogP contribution in [0.25, 0.3) is 16.5 Å². The number of anilines is 1. The molecular weight excluding hydrogens is 312 g/mol. The summed E-state index contributed by atoms with van der Waals surface area (Å²) in [6, 6.07) is 15.7. The highest BCUT2D eigenvalue weighted by Gasteiger charge is 2.46. The number of azide groups is 1. The van der Waals surface area contributed by atoms with Crippen molar-refractivity contribution in [3.63, 3.8) is 0 Å². The minimum Gasteiger partial charge on any atom is -0.304 e.